The molecule has 0 bridgehead atoms. The number of amides is 1. The lowest BCUT2D eigenvalue weighted by Gasteiger charge is -2.23. The highest BCUT2D eigenvalue weighted by molar-refractivity contribution is 7.99. The molecule has 0 aromatic heterocycles. The third kappa shape index (κ3) is 2.82. The average molecular weight is 251 g/mol. The summed E-state index contributed by atoms with van der Waals surface area (Å²) in [7, 11) is 0. The number of hydrogen-bond acceptors (Lipinski definition) is 3. The Morgan fingerprint density at radius 1 is 1.41 bits per heavy atom. The summed E-state index contributed by atoms with van der Waals surface area (Å²) in [6.07, 6.45) is -0.934. The fourth-order valence-corrected chi connectivity index (χ4v) is 2.88. The predicted octanol–water partition coefficient (Wildman–Crippen LogP) is 1.68. The lowest BCUT2D eigenvalue weighted by Crippen LogP contribution is -2.39. The van der Waals surface area contributed by atoms with Crippen LogP contribution in [-0.4, -0.2) is 40.2 Å². The number of hydrogen-bond donors (Lipinski definition) is 1. The van der Waals surface area contributed by atoms with Gasteiger partial charge in [-0.05, 0) is 5.56 Å². The molecule has 1 saturated heterocycles. The molecule has 2 atom stereocenters. The molecule has 1 amide bonds. The van der Waals surface area contributed by atoms with Gasteiger partial charge in [0, 0.05) is 18.2 Å². The first-order chi connectivity index (χ1) is 8.20. The number of aliphatic hydroxyl groups is 1. The van der Waals surface area contributed by atoms with Crippen molar-refractivity contribution in [2.75, 3.05) is 18.2 Å². The fraction of sp³-hybridized carbons (Fsp3) is 0.462. The lowest BCUT2D eigenvalue weighted by atomic mass is 9.94. The molecular weight excluding hydrogens is 234 g/mol. The minimum atomic E-state index is -0.934. The van der Waals surface area contributed by atoms with E-state index in [0.29, 0.717) is 5.88 Å². The normalized spacial score (nSPS) is 19.1. The highest BCUT2D eigenvalue weighted by Gasteiger charge is 2.29. The molecular formula is C13H17NO2S. The molecule has 1 aliphatic heterocycles. The average Bonchev–Trinajstić information content (AvgIpc) is 2.91. The highest BCUT2D eigenvalue weighted by Crippen LogP contribution is 2.22. The molecule has 0 saturated carbocycles. The molecule has 2 unspecified atom stereocenters. The van der Waals surface area contributed by atoms with Crippen molar-refractivity contribution in [1.29, 1.82) is 0 Å². The summed E-state index contributed by atoms with van der Waals surface area (Å²) in [5.74, 6) is 1.37. The van der Waals surface area contributed by atoms with Crippen molar-refractivity contribution in [3.8, 4) is 0 Å². The van der Waals surface area contributed by atoms with E-state index in [9.17, 15) is 9.90 Å². The summed E-state index contributed by atoms with van der Waals surface area (Å²) >= 11 is 1.73. The fourth-order valence-electron chi connectivity index (χ4n) is 1.93. The van der Waals surface area contributed by atoms with Crippen molar-refractivity contribution in [2.24, 2.45) is 0 Å². The minimum absolute atomic E-state index is 0.147. The maximum absolute atomic E-state index is 12.0. The van der Waals surface area contributed by atoms with Crippen LogP contribution in [0.15, 0.2) is 30.3 Å². The van der Waals surface area contributed by atoms with Crippen molar-refractivity contribution in [1.82, 2.24) is 4.90 Å². The van der Waals surface area contributed by atoms with Crippen molar-refractivity contribution in [3.63, 3.8) is 0 Å². The van der Waals surface area contributed by atoms with Crippen molar-refractivity contribution in [2.45, 2.75) is 18.9 Å². The van der Waals surface area contributed by atoms with E-state index in [1.165, 1.54) is 0 Å². The first-order valence-corrected chi connectivity index (χ1v) is 6.95. The number of nitrogens with zero attached hydrogens (tertiary/aromatic N) is 1. The number of aliphatic hydroxyl groups excluding tert-OH is 1. The van der Waals surface area contributed by atoms with Gasteiger partial charge in [0.2, 0.25) is 0 Å². The van der Waals surface area contributed by atoms with Crippen LogP contribution < -0.4 is 0 Å². The van der Waals surface area contributed by atoms with Crippen LogP contribution in [0.1, 0.15) is 18.4 Å². The van der Waals surface area contributed by atoms with E-state index >= 15 is 0 Å². The second-order valence-electron chi connectivity index (χ2n) is 4.28. The quantitative estimate of drug-likeness (QED) is 0.888. The van der Waals surface area contributed by atoms with Crippen molar-refractivity contribution < 1.29 is 9.90 Å². The maximum Gasteiger partial charge on any atom is 0.252 e. The van der Waals surface area contributed by atoms with Gasteiger partial charge in [-0.3, -0.25) is 4.79 Å². The Morgan fingerprint density at radius 2 is 2.12 bits per heavy atom. The Bertz CT molecular complexity index is 376. The summed E-state index contributed by atoms with van der Waals surface area (Å²) in [5, 5.41) is 10.1. The zero-order chi connectivity index (χ0) is 12.3. The first kappa shape index (κ1) is 12.5. The Kier molecular flexibility index (Phi) is 4.07. The van der Waals surface area contributed by atoms with Gasteiger partial charge in [-0.15, -0.1) is 11.8 Å². The Labute approximate surface area is 106 Å². The van der Waals surface area contributed by atoms with Gasteiger partial charge in [0.15, 0.2) is 0 Å². The highest BCUT2D eigenvalue weighted by atomic mass is 32.2. The minimum Gasteiger partial charge on any atom is -0.383 e. The largest absolute Gasteiger partial charge is 0.383 e. The molecule has 1 fully saturated rings. The van der Waals surface area contributed by atoms with Gasteiger partial charge in [0.25, 0.3) is 5.91 Å². The van der Waals surface area contributed by atoms with Gasteiger partial charge < -0.3 is 10.0 Å². The van der Waals surface area contributed by atoms with Gasteiger partial charge >= 0.3 is 0 Å². The van der Waals surface area contributed by atoms with Gasteiger partial charge in [-0.2, -0.15) is 0 Å². The third-order valence-corrected chi connectivity index (χ3v) is 4.08. The molecule has 1 heterocycles. The molecule has 0 aliphatic carbocycles. The molecule has 3 nitrogen and oxygen atoms in total. The zero-order valence-electron chi connectivity index (χ0n) is 9.87. The summed E-state index contributed by atoms with van der Waals surface area (Å²) in [6.45, 7) is 2.64. The molecule has 0 radical (unpaired) electrons. The monoisotopic (exact) mass is 251 g/mol. The van der Waals surface area contributed by atoms with E-state index in [1.54, 1.807) is 16.7 Å². The number of thioether (sulfide) groups is 1. The predicted molar refractivity (Wildman–Crippen MR) is 69.9 cm³/mol. The van der Waals surface area contributed by atoms with E-state index in [4.69, 9.17) is 0 Å². The van der Waals surface area contributed by atoms with Crippen molar-refractivity contribution >= 4 is 17.7 Å². The van der Waals surface area contributed by atoms with Gasteiger partial charge in [0.1, 0.15) is 6.10 Å². The zero-order valence-corrected chi connectivity index (χ0v) is 10.7. The number of carbonyl (C=O) groups is 1. The molecule has 92 valence electrons. The van der Waals surface area contributed by atoms with Crippen LogP contribution in [0.3, 0.4) is 0 Å². The molecule has 17 heavy (non-hydrogen) atoms. The molecule has 1 N–H and O–H groups in total. The van der Waals surface area contributed by atoms with Crippen LogP contribution in [0.2, 0.25) is 0 Å². The van der Waals surface area contributed by atoms with Crippen LogP contribution in [0.25, 0.3) is 0 Å². The maximum atomic E-state index is 12.0. The second-order valence-corrected chi connectivity index (χ2v) is 5.36. The number of carbonyl (C=O) groups excluding carboxylic acids is 1. The molecule has 4 heteroatoms. The summed E-state index contributed by atoms with van der Waals surface area (Å²) < 4.78 is 0. The van der Waals surface area contributed by atoms with Crippen LogP contribution >= 0.6 is 11.8 Å². The van der Waals surface area contributed by atoms with Gasteiger partial charge in [-0.25, -0.2) is 0 Å². The smallest absolute Gasteiger partial charge is 0.252 e. The third-order valence-electron chi connectivity index (χ3n) is 3.12. The number of benzene rings is 1. The van der Waals surface area contributed by atoms with Crippen LogP contribution in [0.4, 0.5) is 0 Å². The van der Waals surface area contributed by atoms with Crippen LogP contribution in [-0.2, 0) is 4.79 Å². The van der Waals surface area contributed by atoms with Crippen molar-refractivity contribution in [3.05, 3.63) is 35.9 Å². The van der Waals surface area contributed by atoms with E-state index in [1.807, 2.05) is 37.3 Å². The summed E-state index contributed by atoms with van der Waals surface area (Å²) in [5.41, 5.74) is 1.00. The molecule has 2 rings (SSSR count). The Morgan fingerprint density at radius 3 is 2.71 bits per heavy atom. The topological polar surface area (TPSA) is 40.5 Å². The lowest BCUT2D eigenvalue weighted by molar-refractivity contribution is -0.139. The summed E-state index contributed by atoms with van der Waals surface area (Å²) in [4.78, 5) is 13.8. The first-order valence-electron chi connectivity index (χ1n) is 5.79. The van der Waals surface area contributed by atoms with E-state index in [2.05, 4.69) is 0 Å². The standard InChI is InChI=1S/C13H17NO2S/c1-10(11-5-3-2-4-6-11)12(15)13(16)14-7-8-17-9-14/h2-6,10,12,15H,7-9H2,1H3. The van der Waals surface area contributed by atoms with E-state index in [-0.39, 0.29) is 11.8 Å². The Hall–Kier alpha value is -1.00. The number of rotatable bonds is 3. The van der Waals surface area contributed by atoms with E-state index < -0.39 is 6.10 Å². The molecule has 1 aromatic rings. The van der Waals surface area contributed by atoms with Crippen LogP contribution in [0, 0.1) is 0 Å². The van der Waals surface area contributed by atoms with Gasteiger partial charge in [0.05, 0.1) is 5.88 Å². The van der Waals surface area contributed by atoms with Gasteiger partial charge in [-0.1, -0.05) is 37.3 Å². The molecule has 0 spiro atoms. The Balaban J connectivity index is 2.04. The molecule has 1 aromatic carbocycles. The summed E-state index contributed by atoms with van der Waals surface area (Å²) in [6, 6.07) is 9.67. The van der Waals surface area contributed by atoms with E-state index in [0.717, 1.165) is 17.9 Å². The van der Waals surface area contributed by atoms with Crippen LogP contribution in [0.5, 0.6) is 0 Å². The second kappa shape index (κ2) is 5.56. The SMILES string of the molecule is CC(c1ccccc1)C(O)C(=O)N1CCSC1. The molecule has 1 aliphatic rings.